The Balaban J connectivity index is 1.57. The molecular formula is C25H26N2O3S. The molecule has 0 spiro atoms. The number of carbonyl (C=O) groups is 1. The van der Waals surface area contributed by atoms with Crippen molar-refractivity contribution < 1.29 is 13.2 Å². The molecule has 1 aliphatic heterocycles. The van der Waals surface area contributed by atoms with Crippen molar-refractivity contribution >= 4 is 15.9 Å². The van der Waals surface area contributed by atoms with Crippen LogP contribution in [0.1, 0.15) is 45.9 Å². The molecule has 0 saturated carbocycles. The van der Waals surface area contributed by atoms with Crippen LogP contribution in [0.2, 0.25) is 0 Å². The molecule has 0 aromatic heterocycles. The highest BCUT2D eigenvalue weighted by Gasteiger charge is 2.27. The van der Waals surface area contributed by atoms with Gasteiger partial charge in [-0.2, -0.15) is 4.31 Å². The van der Waals surface area contributed by atoms with E-state index < -0.39 is 10.0 Å². The lowest BCUT2D eigenvalue weighted by Gasteiger charge is -2.21. The molecule has 0 bridgehead atoms. The fourth-order valence-corrected chi connectivity index (χ4v) is 5.44. The van der Waals surface area contributed by atoms with Gasteiger partial charge in [0, 0.05) is 18.7 Å². The van der Waals surface area contributed by atoms with Crippen LogP contribution in [0.15, 0.2) is 83.8 Å². The van der Waals surface area contributed by atoms with Crippen LogP contribution in [-0.2, 0) is 10.0 Å². The van der Waals surface area contributed by atoms with Crippen LogP contribution < -0.4 is 5.32 Å². The van der Waals surface area contributed by atoms with Crippen LogP contribution in [0.5, 0.6) is 0 Å². The largest absolute Gasteiger partial charge is 0.341 e. The molecule has 1 aliphatic rings. The Bertz CT molecular complexity index is 1150. The van der Waals surface area contributed by atoms with Gasteiger partial charge in [0.05, 0.1) is 10.9 Å². The van der Waals surface area contributed by atoms with E-state index in [0.717, 1.165) is 29.5 Å². The lowest BCUT2D eigenvalue weighted by atomic mass is 9.97. The molecule has 31 heavy (non-hydrogen) atoms. The van der Waals surface area contributed by atoms with Crippen LogP contribution in [0.3, 0.4) is 0 Å². The zero-order valence-electron chi connectivity index (χ0n) is 17.5. The Morgan fingerprint density at radius 2 is 1.52 bits per heavy atom. The van der Waals surface area contributed by atoms with Crippen molar-refractivity contribution in [1.29, 1.82) is 0 Å². The summed E-state index contributed by atoms with van der Waals surface area (Å²) in [6.07, 6.45) is 1.78. The van der Waals surface area contributed by atoms with E-state index in [-0.39, 0.29) is 16.8 Å². The summed E-state index contributed by atoms with van der Waals surface area (Å²) in [5, 5.41) is 3.11. The monoisotopic (exact) mass is 434 g/mol. The van der Waals surface area contributed by atoms with Gasteiger partial charge in [-0.15, -0.1) is 0 Å². The van der Waals surface area contributed by atoms with E-state index in [4.69, 9.17) is 0 Å². The summed E-state index contributed by atoms with van der Waals surface area (Å²) in [6.45, 7) is 3.13. The van der Waals surface area contributed by atoms with Gasteiger partial charge >= 0.3 is 0 Å². The predicted octanol–water partition coefficient (Wildman–Crippen LogP) is 4.30. The third-order valence-corrected chi connectivity index (χ3v) is 7.52. The van der Waals surface area contributed by atoms with Crippen molar-refractivity contribution in [2.45, 2.75) is 30.7 Å². The minimum atomic E-state index is -3.49. The fourth-order valence-electron chi connectivity index (χ4n) is 3.92. The van der Waals surface area contributed by atoms with Crippen molar-refractivity contribution in [2.75, 3.05) is 13.1 Å². The minimum absolute atomic E-state index is 0.226. The SMILES string of the molecule is Cc1cccc([C@H](NC(=O)c2ccc(S(=O)(=O)N3CCCC3)cc2)c2ccccc2)c1. The van der Waals surface area contributed by atoms with Crippen molar-refractivity contribution in [2.24, 2.45) is 0 Å². The Morgan fingerprint density at radius 3 is 2.16 bits per heavy atom. The van der Waals surface area contributed by atoms with Crippen LogP contribution in [0, 0.1) is 6.92 Å². The zero-order chi connectivity index (χ0) is 21.8. The maximum atomic E-state index is 13.0. The number of rotatable bonds is 6. The molecular weight excluding hydrogens is 408 g/mol. The van der Waals surface area contributed by atoms with E-state index in [2.05, 4.69) is 11.4 Å². The lowest BCUT2D eigenvalue weighted by Crippen LogP contribution is -2.30. The number of carbonyl (C=O) groups excluding carboxylic acids is 1. The van der Waals surface area contributed by atoms with Crippen molar-refractivity contribution in [3.8, 4) is 0 Å². The summed E-state index contributed by atoms with van der Waals surface area (Å²) in [5.41, 5.74) is 3.51. The first-order chi connectivity index (χ1) is 14.9. The molecule has 4 rings (SSSR count). The second-order valence-electron chi connectivity index (χ2n) is 7.87. The summed E-state index contributed by atoms with van der Waals surface area (Å²) in [4.78, 5) is 13.3. The third-order valence-electron chi connectivity index (χ3n) is 5.60. The molecule has 3 aromatic carbocycles. The number of nitrogens with zero attached hydrogens (tertiary/aromatic N) is 1. The molecule has 5 nitrogen and oxygen atoms in total. The number of sulfonamides is 1. The van der Waals surface area contributed by atoms with E-state index in [1.54, 1.807) is 12.1 Å². The number of hydrogen-bond acceptors (Lipinski definition) is 3. The average molecular weight is 435 g/mol. The first-order valence-corrected chi connectivity index (χ1v) is 11.9. The Hall–Kier alpha value is -2.96. The Kier molecular flexibility index (Phi) is 6.20. The minimum Gasteiger partial charge on any atom is -0.341 e. The van der Waals surface area contributed by atoms with E-state index in [9.17, 15) is 13.2 Å². The summed E-state index contributed by atoms with van der Waals surface area (Å²) >= 11 is 0. The maximum absolute atomic E-state index is 13.0. The van der Waals surface area contributed by atoms with Gasteiger partial charge in [-0.25, -0.2) is 8.42 Å². The average Bonchev–Trinajstić information content (AvgIpc) is 3.34. The first kappa shape index (κ1) is 21.3. The molecule has 1 N–H and O–H groups in total. The normalized spacial score (nSPS) is 15.5. The number of nitrogens with one attached hydrogen (secondary N) is 1. The van der Waals surface area contributed by atoms with E-state index in [1.165, 1.54) is 16.4 Å². The van der Waals surface area contributed by atoms with E-state index in [0.29, 0.717) is 18.7 Å². The fraction of sp³-hybridized carbons (Fsp3) is 0.240. The predicted molar refractivity (Wildman–Crippen MR) is 121 cm³/mol. The molecule has 3 aromatic rings. The molecule has 0 radical (unpaired) electrons. The highest BCUT2D eigenvalue weighted by Crippen LogP contribution is 2.24. The van der Waals surface area contributed by atoms with Gasteiger partial charge in [0.25, 0.3) is 5.91 Å². The third kappa shape index (κ3) is 4.70. The van der Waals surface area contributed by atoms with Crippen molar-refractivity contribution in [3.05, 3.63) is 101 Å². The first-order valence-electron chi connectivity index (χ1n) is 10.5. The number of amides is 1. The summed E-state index contributed by atoms with van der Waals surface area (Å²) in [5.74, 6) is -0.250. The van der Waals surface area contributed by atoms with Gasteiger partial charge in [0.1, 0.15) is 0 Å². The van der Waals surface area contributed by atoms with Gasteiger partial charge in [-0.05, 0) is 55.2 Å². The molecule has 160 valence electrons. The van der Waals surface area contributed by atoms with Crippen molar-refractivity contribution in [1.82, 2.24) is 9.62 Å². The number of aryl methyl sites for hydroxylation is 1. The van der Waals surface area contributed by atoms with Crippen LogP contribution >= 0.6 is 0 Å². The highest BCUT2D eigenvalue weighted by atomic mass is 32.2. The van der Waals surface area contributed by atoms with Crippen LogP contribution in [-0.4, -0.2) is 31.7 Å². The van der Waals surface area contributed by atoms with Crippen molar-refractivity contribution in [3.63, 3.8) is 0 Å². The van der Waals surface area contributed by atoms with Gasteiger partial charge in [-0.3, -0.25) is 4.79 Å². The molecule has 1 amide bonds. The van der Waals surface area contributed by atoms with Crippen LogP contribution in [0.4, 0.5) is 0 Å². The lowest BCUT2D eigenvalue weighted by molar-refractivity contribution is 0.0943. The molecule has 6 heteroatoms. The molecule has 1 heterocycles. The molecule has 0 unspecified atom stereocenters. The zero-order valence-corrected chi connectivity index (χ0v) is 18.3. The molecule has 1 fully saturated rings. The quantitative estimate of drug-likeness (QED) is 0.629. The summed E-state index contributed by atoms with van der Waals surface area (Å²) < 4.78 is 26.9. The summed E-state index contributed by atoms with van der Waals surface area (Å²) in [6, 6.07) is 23.8. The number of hydrogen-bond donors (Lipinski definition) is 1. The van der Waals surface area contributed by atoms with Gasteiger partial charge < -0.3 is 5.32 Å². The van der Waals surface area contributed by atoms with Gasteiger partial charge in [-0.1, -0.05) is 60.2 Å². The van der Waals surface area contributed by atoms with Gasteiger partial charge in [0.2, 0.25) is 10.0 Å². The molecule has 1 atom stereocenters. The second-order valence-corrected chi connectivity index (χ2v) is 9.80. The van der Waals surface area contributed by atoms with Gasteiger partial charge in [0.15, 0.2) is 0 Å². The summed E-state index contributed by atoms with van der Waals surface area (Å²) in [7, 11) is -3.49. The van der Waals surface area contributed by atoms with E-state index in [1.807, 2.05) is 55.5 Å². The topological polar surface area (TPSA) is 66.5 Å². The smallest absolute Gasteiger partial charge is 0.252 e. The van der Waals surface area contributed by atoms with E-state index >= 15 is 0 Å². The molecule has 0 aliphatic carbocycles. The van der Waals surface area contributed by atoms with Crippen LogP contribution in [0.25, 0.3) is 0 Å². The molecule has 1 saturated heterocycles. The Morgan fingerprint density at radius 1 is 0.871 bits per heavy atom. The standard InChI is InChI=1S/C25H26N2O3S/c1-19-8-7-11-22(18-19)24(20-9-3-2-4-10-20)26-25(28)21-12-14-23(15-13-21)31(29,30)27-16-5-6-17-27/h2-4,7-15,18,24H,5-6,16-17H2,1H3,(H,26,28)/t24-/m1/s1. The second kappa shape index (κ2) is 9.04. The maximum Gasteiger partial charge on any atom is 0.252 e. The highest BCUT2D eigenvalue weighted by molar-refractivity contribution is 7.89. The number of benzene rings is 3. The Labute approximate surface area is 183 Å².